The molecular formula is C53H59BN2O. The molecule has 0 N–H and O–H groups in total. The van der Waals surface area contributed by atoms with E-state index in [-0.39, 0.29) is 33.8 Å². The molecule has 5 aromatic carbocycles. The molecule has 6 aromatic rings. The molecule has 0 bridgehead atoms. The van der Waals surface area contributed by atoms with E-state index in [1.165, 1.54) is 104 Å². The third kappa shape index (κ3) is 5.31. The van der Waals surface area contributed by atoms with Crippen LogP contribution in [0.15, 0.2) is 95.4 Å². The number of aryl methyl sites for hydroxylation is 1. The third-order valence-electron chi connectivity index (χ3n) is 14.8. The fourth-order valence-electron chi connectivity index (χ4n) is 11.0. The van der Waals surface area contributed by atoms with E-state index in [9.17, 15) is 0 Å². The van der Waals surface area contributed by atoms with Crippen molar-refractivity contribution in [2.24, 2.45) is 0 Å². The number of anilines is 6. The molecule has 4 heteroatoms. The minimum Gasteiger partial charge on any atom is -0.440 e. The van der Waals surface area contributed by atoms with E-state index >= 15 is 0 Å². The second-order valence-electron chi connectivity index (χ2n) is 21.7. The van der Waals surface area contributed by atoms with Crippen LogP contribution in [-0.2, 0) is 27.1 Å². The van der Waals surface area contributed by atoms with Gasteiger partial charge in [0.25, 0.3) is 6.71 Å². The highest BCUT2D eigenvalue weighted by Gasteiger charge is 2.49. The van der Waals surface area contributed by atoms with Crippen molar-refractivity contribution in [1.29, 1.82) is 0 Å². The highest BCUT2D eigenvalue weighted by atomic mass is 16.4. The van der Waals surface area contributed by atoms with Gasteiger partial charge >= 0.3 is 0 Å². The fraction of sp³-hybridized carbons (Fsp3) is 0.396. The number of furan rings is 1. The Balaban J connectivity index is 1.32. The van der Waals surface area contributed by atoms with Crippen molar-refractivity contribution >= 4 is 68.4 Å². The van der Waals surface area contributed by atoms with Crippen LogP contribution in [0.25, 0.3) is 11.0 Å². The van der Waals surface area contributed by atoms with Gasteiger partial charge in [-0.15, -0.1) is 0 Å². The summed E-state index contributed by atoms with van der Waals surface area (Å²) in [5.41, 5.74) is 20.1. The molecule has 0 unspecified atom stereocenters. The average Bonchev–Trinajstić information content (AvgIpc) is 3.53. The lowest BCUT2D eigenvalue weighted by Crippen LogP contribution is -2.61. The van der Waals surface area contributed by atoms with Gasteiger partial charge in [0.1, 0.15) is 5.58 Å². The lowest BCUT2D eigenvalue weighted by Gasteiger charge is -2.47. The van der Waals surface area contributed by atoms with Crippen molar-refractivity contribution in [3.63, 3.8) is 0 Å². The summed E-state index contributed by atoms with van der Waals surface area (Å²) in [7, 11) is 0. The fourth-order valence-corrected chi connectivity index (χ4v) is 11.0. The highest BCUT2D eigenvalue weighted by molar-refractivity contribution is 7.01. The first-order chi connectivity index (χ1) is 26.8. The lowest BCUT2D eigenvalue weighted by molar-refractivity contribution is 0.332. The van der Waals surface area contributed by atoms with Crippen LogP contribution in [0, 0.1) is 6.92 Å². The van der Waals surface area contributed by atoms with Crippen molar-refractivity contribution in [3.8, 4) is 0 Å². The van der Waals surface area contributed by atoms with E-state index in [4.69, 9.17) is 4.42 Å². The van der Waals surface area contributed by atoms with E-state index in [0.717, 1.165) is 17.2 Å². The zero-order valence-corrected chi connectivity index (χ0v) is 36.4. The molecule has 0 amide bonds. The molecule has 2 aliphatic carbocycles. The summed E-state index contributed by atoms with van der Waals surface area (Å²) in [4.78, 5) is 5.08. The number of hydrogen-bond donors (Lipinski definition) is 0. The second kappa shape index (κ2) is 11.7. The Kier molecular flexibility index (Phi) is 7.52. The molecule has 4 aliphatic rings. The minimum absolute atomic E-state index is 0.00439. The van der Waals surface area contributed by atoms with Crippen molar-refractivity contribution in [2.45, 2.75) is 136 Å². The normalized spacial score (nSPS) is 19.4. The van der Waals surface area contributed by atoms with Gasteiger partial charge < -0.3 is 9.32 Å². The van der Waals surface area contributed by atoms with Crippen LogP contribution < -0.4 is 26.2 Å². The predicted octanol–water partition coefficient (Wildman–Crippen LogP) is 12.8. The standard InChI is InChI=1S/C53H59BN2O/c1-32-27-43-47-44(28-32)56(34-19-17-33(18-20-34)49(2,3)4)48-46(36-15-13-14-16-45(36)57-48)54(47)41-30-39-40(53(11,12)26-25-52(39,9)10)31-42(41)55(43)35-21-22-37-38(29-35)51(7,8)24-23-50(37,5)6/h13-22,27-31H,23-26H2,1-12H3. The molecule has 3 heterocycles. The molecule has 57 heavy (non-hydrogen) atoms. The molecule has 10 rings (SSSR count). The van der Waals surface area contributed by atoms with Gasteiger partial charge in [-0.25, -0.2) is 0 Å². The molecule has 0 atom stereocenters. The van der Waals surface area contributed by atoms with Gasteiger partial charge in [0.05, 0.1) is 0 Å². The first-order valence-corrected chi connectivity index (χ1v) is 21.5. The summed E-state index contributed by atoms with van der Waals surface area (Å²) in [6.45, 7) is 28.8. The Hall–Kier alpha value is -4.70. The summed E-state index contributed by atoms with van der Waals surface area (Å²) < 4.78 is 7.08. The van der Waals surface area contributed by atoms with Crippen LogP contribution in [0.5, 0.6) is 0 Å². The topological polar surface area (TPSA) is 19.6 Å². The number of rotatable bonds is 2. The third-order valence-corrected chi connectivity index (χ3v) is 14.8. The number of nitrogens with zero attached hydrogens (tertiary/aromatic N) is 2. The van der Waals surface area contributed by atoms with Gasteiger partial charge in [-0.2, -0.15) is 0 Å². The number of para-hydroxylation sites is 1. The zero-order chi connectivity index (χ0) is 40.2. The molecule has 290 valence electrons. The van der Waals surface area contributed by atoms with E-state index in [2.05, 4.69) is 184 Å². The van der Waals surface area contributed by atoms with Crippen LogP contribution in [0.1, 0.15) is 135 Å². The number of hydrogen-bond acceptors (Lipinski definition) is 3. The molecule has 0 saturated heterocycles. The van der Waals surface area contributed by atoms with Gasteiger partial charge in [-0.05, 0) is 153 Å². The monoisotopic (exact) mass is 750 g/mol. The smallest absolute Gasteiger partial charge is 0.257 e. The lowest BCUT2D eigenvalue weighted by atomic mass is 9.33. The first-order valence-electron chi connectivity index (χ1n) is 21.5. The summed E-state index contributed by atoms with van der Waals surface area (Å²) >= 11 is 0. The Morgan fingerprint density at radius 1 is 0.544 bits per heavy atom. The van der Waals surface area contributed by atoms with E-state index < -0.39 is 0 Å². The van der Waals surface area contributed by atoms with Crippen molar-refractivity contribution in [3.05, 3.63) is 124 Å². The van der Waals surface area contributed by atoms with E-state index in [1.807, 2.05) is 0 Å². The van der Waals surface area contributed by atoms with Crippen LogP contribution in [0.4, 0.5) is 34.3 Å². The highest BCUT2D eigenvalue weighted by Crippen LogP contribution is 2.53. The molecule has 0 fully saturated rings. The maximum atomic E-state index is 7.08. The molecule has 3 nitrogen and oxygen atoms in total. The average molecular weight is 751 g/mol. The van der Waals surface area contributed by atoms with Crippen LogP contribution in [0.3, 0.4) is 0 Å². The molecule has 0 saturated carbocycles. The Morgan fingerprint density at radius 2 is 1.09 bits per heavy atom. The predicted molar refractivity (Wildman–Crippen MR) is 244 cm³/mol. The van der Waals surface area contributed by atoms with Gasteiger partial charge in [-0.1, -0.05) is 119 Å². The van der Waals surface area contributed by atoms with Crippen LogP contribution in [0.2, 0.25) is 0 Å². The van der Waals surface area contributed by atoms with Crippen molar-refractivity contribution in [1.82, 2.24) is 0 Å². The van der Waals surface area contributed by atoms with E-state index in [1.54, 1.807) is 0 Å². The number of fused-ring (bicyclic) bond motifs is 8. The minimum atomic E-state index is 0.00439. The molecule has 0 radical (unpaired) electrons. The quantitative estimate of drug-likeness (QED) is 0.164. The summed E-state index contributed by atoms with van der Waals surface area (Å²) in [5, 5.41) is 1.19. The summed E-state index contributed by atoms with van der Waals surface area (Å²) in [6, 6.07) is 35.5. The number of benzene rings is 5. The Bertz CT molecular complexity index is 2650. The van der Waals surface area contributed by atoms with Gasteiger partial charge in [0, 0.05) is 39.3 Å². The van der Waals surface area contributed by atoms with E-state index in [0.29, 0.717) is 0 Å². The Morgan fingerprint density at radius 3 is 1.72 bits per heavy atom. The molecule has 0 spiro atoms. The molecular weight excluding hydrogens is 691 g/mol. The first kappa shape index (κ1) is 36.6. The summed E-state index contributed by atoms with van der Waals surface area (Å²) in [5.74, 6) is 0.934. The van der Waals surface area contributed by atoms with Gasteiger partial charge in [0.15, 0.2) is 0 Å². The van der Waals surface area contributed by atoms with Crippen molar-refractivity contribution in [2.75, 3.05) is 9.80 Å². The largest absolute Gasteiger partial charge is 0.440 e. The second-order valence-corrected chi connectivity index (χ2v) is 21.7. The summed E-state index contributed by atoms with van der Waals surface area (Å²) in [6.07, 6.45) is 4.74. The molecule has 2 aliphatic heterocycles. The van der Waals surface area contributed by atoms with Gasteiger partial charge in [0.2, 0.25) is 5.88 Å². The molecule has 1 aromatic heterocycles. The van der Waals surface area contributed by atoms with Crippen molar-refractivity contribution < 1.29 is 4.42 Å². The maximum absolute atomic E-state index is 7.08. The zero-order valence-electron chi connectivity index (χ0n) is 36.4. The SMILES string of the molecule is Cc1cc2c3c(c1)N(c1ccc(C(C)(C)C)cc1)c1oc4ccccc4c1B3c1cc3c(cc1N2c1ccc2c(c1)C(C)(C)CCC2(C)C)C(C)(C)CCC3(C)C. The Labute approximate surface area is 341 Å². The van der Waals surface area contributed by atoms with Crippen LogP contribution in [-0.4, -0.2) is 6.71 Å². The maximum Gasteiger partial charge on any atom is 0.257 e. The van der Waals surface area contributed by atoms with Gasteiger partial charge in [-0.3, -0.25) is 4.90 Å². The van der Waals surface area contributed by atoms with Crippen LogP contribution >= 0.6 is 0 Å².